The van der Waals surface area contributed by atoms with Gasteiger partial charge in [-0.25, -0.2) is 18.4 Å². The van der Waals surface area contributed by atoms with Crippen molar-refractivity contribution in [3.63, 3.8) is 0 Å². The number of guanidine groups is 1. The Labute approximate surface area is 160 Å². The summed E-state index contributed by atoms with van der Waals surface area (Å²) in [5, 5.41) is 6.40. The number of benzene rings is 1. The first kappa shape index (κ1) is 19.4. The number of hydrogen-bond acceptors (Lipinski definition) is 5. The molecule has 1 unspecified atom stereocenters. The highest BCUT2D eigenvalue weighted by molar-refractivity contribution is 7.91. The number of hydrogen-bond donors (Lipinski definition) is 2. The highest BCUT2D eigenvalue weighted by atomic mass is 32.2. The zero-order valence-electron chi connectivity index (χ0n) is 15.7. The Balaban J connectivity index is 1.59. The molecule has 2 aromatic rings. The maximum absolute atomic E-state index is 11.6. The van der Waals surface area contributed by atoms with E-state index in [-0.39, 0.29) is 17.4 Å². The molecule has 2 heterocycles. The van der Waals surface area contributed by atoms with Crippen molar-refractivity contribution in [1.29, 1.82) is 0 Å². The van der Waals surface area contributed by atoms with Crippen LogP contribution in [0, 0.1) is 12.8 Å². The van der Waals surface area contributed by atoms with E-state index in [9.17, 15) is 8.42 Å². The van der Waals surface area contributed by atoms with Crippen LogP contribution >= 0.6 is 0 Å². The summed E-state index contributed by atoms with van der Waals surface area (Å²) in [4.78, 5) is 9.01. The van der Waals surface area contributed by atoms with Gasteiger partial charge in [0.2, 0.25) is 5.89 Å². The van der Waals surface area contributed by atoms with Gasteiger partial charge in [0.05, 0.1) is 18.1 Å². The van der Waals surface area contributed by atoms with Crippen LogP contribution in [0.3, 0.4) is 0 Å². The highest BCUT2D eigenvalue weighted by Crippen LogP contribution is 2.19. The van der Waals surface area contributed by atoms with Crippen molar-refractivity contribution in [2.24, 2.45) is 10.9 Å². The lowest BCUT2D eigenvalue weighted by atomic mass is 10.1. The van der Waals surface area contributed by atoms with Gasteiger partial charge in [-0.05, 0) is 38.3 Å². The van der Waals surface area contributed by atoms with E-state index in [1.165, 1.54) is 5.56 Å². The third-order valence-electron chi connectivity index (χ3n) is 4.48. The van der Waals surface area contributed by atoms with Crippen molar-refractivity contribution in [3.8, 4) is 11.5 Å². The average Bonchev–Trinajstić information content (AvgIpc) is 3.24. The van der Waals surface area contributed by atoms with E-state index in [0.717, 1.165) is 17.8 Å². The van der Waals surface area contributed by atoms with Crippen molar-refractivity contribution >= 4 is 15.8 Å². The van der Waals surface area contributed by atoms with Crippen molar-refractivity contribution in [2.45, 2.75) is 26.8 Å². The van der Waals surface area contributed by atoms with E-state index < -0.39 is 9.84 Å². The second-order valence-electron chi connectivity index (χ2n) is 6.86. The molecule has 0 aliphatic carbocycles. The molecule has 2 N–H and O–H groups in total. The molecule has 0 saturated carbocycles. The van der Waals surface area contributed by atoms with Crippen LogP contribution in [-0.2, 0) is 16.4 Å². The second-order valence-corrected chi connectivity index (χ2v) is 9.08. The number of oxazole rings is 1. The van der Waals surface area contributed by atoms with Gasteiger partial charge in [-0.3, -0.25) is 0 Å². The smallest absolute Gasteiger partial charge is 0.226 e. The standard InChI is InChI=1S/C19H26N4O3S/c1-3-20-19(21-10-15-8-9-27(24,25)13-15)22-11-17-12-26-18(23-17)16-6-4-14(2)5-7-16/h4-7,12,15H,3,8-11,13H2,1-2H3,(H2,20,21,22). The maximum atomic E-state index is 11.6. The van der Waals surface area contributed by atoms with Gasteiger partial charge in [0.25, 0.3) is 0 Å². The van der Waals surface area contributed by atoms with Crippen LogP contribution in [0.2, 0.25) is 0 Å². The summed E-state index contributed by atoms with van der Waals surface area (Å²) >= 11 is 0. The molecule has 0 amide bonds. The average molecular weight is 391 g/mol. The van der Waals surface area contributed by atoms with E-state index in [1.807, 2.05) is 38.1 Å². The van der Waals surface area contributed by atoms with E-state index in [4.69, 9.17) is 4.42 Å². The summed E-state index contributed by atoms with van der Waals surface area (Å²) in [5.41, 5.74) is 2.86. The number of aromatic nitrogens is 1. The van der Waals surface area contributed by atoms with E-state index in [0.29, 0.717) is 31.4 Å². The molecule has 8 heteroatoms. The molecule has 7 nitrogen and oxygen atoms in total. The lowest BCUT2D eigenvalue weighted by molar-refractivity contribution is 0.566. The molecule has 1 aliphatic heterocycles. The fourth-order valence-corrected chi connectivity index (χ4v) is 4.85. The number of aryl methyl sites for hydroxylation is 1. The first-order valence-electron chi connectivity index (χ1n) is 9.19. The third-order valence-corrected chi connectivity index (χ3v) is 6.32. The summed E-state index contributed by atoms with van der Waals surface area (Å²) in [7, 11) is -2.86. The molecule has 1 saturated heterocycles. The van der Waals surface area contributed by atoms with Gasteiger partial charge in [-0.2, -0.15) is 0 Å². The summed E-state index contributed by atoms with van der Waals surface area (Å²) in [6.45, 7) is 5.73. The minimum absolute atomic E-state index is 0.138. The Morgan fingerprint density at radius 1 is 1.30 bits per heavy atom. The Hall–Kier alpha value is -2.35. The molecule has 1 atom stereocenters. The predicted molar refractivity (Wildman–Crippen MR) is 106 cm³/mol. The van der Waals surface area contributed by atoms with Gasteiger partial charge < -0.3 is 15.1 Å². The zero-order valence-corrected chi connectivity index (χ0v) is 16.6. The molecule has 0 radical (unpaired) electrons. The van der Waals surface area contributed by atoms with Crippen LogP contribution in [0.1, 0.15) is 24.6 Å². The third kappa shape index (κ3) is 5.56. The van der Waals surface area contributed by atoms with Crippen LogP contribution in [0.4, 0.5) is 0 Å². The van der Waals surface area contributed by atoms with E-state index in [1.54, 1.807) is 6.26 Å². The highest BCUT2D eigenvalue weighted by Gasteiger charge is 2.27. The summed E-state index contributed by atoms with van der Waals surface area (Å²) in [6, 6.07) is 8.01. The number of sulfone groups is 1. The summed E-state index contributed by atoms with van der Waals surface area (Å²) in [6.07, 6.45) is 2.32. The van der Waals surface area contributed by atoms with Gasteiger partial charge in [0.15, 0.2) is 15.8 Å². The lowest BCUT2D eigenvalue weighted by Gasteiger charge is -2.13. The number of aliphatic imine (C=N–C) groups is 1. The topological polar surface area (TPSA) is 96.6 Å². The normalized spacial score (nSPS) is 19.2. The molecule has 1 fully saturated rings. The minimum Gasteiger partial charge on any atom is -0.444 e. The van der Waals surface area contributed by atoms with Gasteiger partial charge in [-0.1, -0.05) is 17.7 Å². The number of rotatable bonds is 6. The Bertz CT molecular complexity index is 888. The van der Waals surface area contributed by atoms with Crippen LogP contribution in [-0.4, -0.2) is 44.0 Å². The molecule has 146 valence electrons. The fourth-order valence-electron chi connectivity index (χ4n) is 2.98. The first-order valence-corrected chi connectivity index (χ1v) is 11.0. The lowest BCUT2D eigenvalue weighted by Crippen LogP contribution is -2.40. The summed E-state index contributed by atoms with van der Waals surface area (Å²) in [5.74, 6) is 1.91. The zero-order chi connectivity index (χ0) is 19.3. The van der Waals surface area contributed by atoms with E-state index >= 15 is 0 Å². The van der Waals surface area contributed by atoms with Gasteiger partial charge >= 0.3 is 0 Å². The van der Waals surface area contributed by atoms with Crippen LogP contribution in [0.25, 0.3) is 11.5 Å². The molecular formula is C19H26N4O3S. The van der Waals surface area contributed by atoms with Crippen LogP contribution in [0.15, 0.2) is 39.9 Å². The maximum Gasteiger partial charge on any atom is 0.226 e. The van der Waals surface area contributed by atoms with Crippen LogP contribution < -0.4 is 10.6 Å². The van der Waals surface area contributed by atoms with Crippen molar-refractivity contribution in [2.75, 3.05) is 24.6 Å². The van der Waals surface area contributed by atoms with Crippen molar-refractivity contribution < 1.29 is 12.8 Å². The van der Waals surface area contributed by atoms with Gasteiger partial charge in [0.1, 0.15) is 12.0 Å². The molecule has 1 aliphatic rings. The summed E-state index contributed by atoms with van der Waals surface area (Å²) < 4.78 is 28.7. The Kier molecular flexibility index (Phi) is 6.15. The molecule has 0 spiro atoms. The molecule has 1 aromatic heterocycles. The van der Waals surface area contributed by atoms with Gasteiger partial charge in [0, 0.05) is 18.7 Å². The monoisotopic (exact) mass is 390 g/mol. The molecular weight excluding hydrogens is 364 g/mol. The molecule has 1 aromatic carbocycles. The minimum atomic E-state index is -2.86. The Morgan fingerprint density at radius 2 is 2.07 bits per heavy atom. The van der Waals surface area contributed by atoms with Crippen LogP contribution in [0.5, 0.6) is 0 Å². The van der Waals surface area contributed by atoms with Crippen molar-refractivity contribution in [1.82, 2.24) is 15.6 Å². The number of nitrogens with zero attached hydrogens (tertiary/aromatic N) is 2. The molecule has 0 bridgehead atoms. The quantitative estimate of drug-likeness (QED) is 0.579. The largest absolute Gasteiger partial charge is 0.444 e. The SMILES string of the molecule is CCNC(=NCc1coc(-c2ccc(C)cc2)n1)NCC1CCS(=O)(=O)C1. The molecule has 3 rings (SSSR count). The molecule has 27 heavy (non-hydrogen) atoms. The fraction of sp³-hybridized carbons (Fsp3) is 0.474. The predicted octanol–water partition coefficient (Wildman–Crippen LogP) is 2.14. The second kappa shape index (κ2) is 8.56. The number of nitrogens with one attached hydrogen (secondary N) is 2. The van der Waals surface area contributed by atoms with Crippen molar-refractivity contribution in [3.05, 3.63) is 41.8 Å². The Morgan fingerprint density at radius 3 is 2.74 bits per heavy atom. The van der Waals surface area contributed by atoms with Gasteiger partial charge in [-0.15, -0.1) is 0 Å². The first-order chi connectivity index (χ1) is 12.9. The van der Waals surface area contributed by atoms with E-state index in [2.05, 4.69) is 20.6 Å².